The summed E-state index contributed by atoms with van der Waals surface area (Å²) in [6.45, 7) is 4.38. The molecule has 2 unspecified atom stereocenters. The molecule has 366 valence electrons. The maximum atomic E-state index is 12.4. The maximum Gasteiger partial charge on any atom is 0.220 e. The number of carbonyl (C=O) groups excluding carboxylic acids is 1. The minimum Gasteiger partial charge on any atom is -0.394 e. The Bertz CT molecular complexity index is 803. The number of rotatable bonds is 54. The number of hydrogen-bond acceptors (Lipinski definition) is 3. The van der Waals surface area contributed by atoms with E-state index in [0.717, 1.165) is 25.7 Å². The maximum absolute atomic E-state index is 12.4. The van der Waals surface area contributed by atoms with E-state index in [1.165, 1.54) is 289 Å². The molecular weight excluding hydrogens is 747 g/mol. The molecule has 0 aliphatic carbocycles. The van der Waals surface area contributed by atoms with Crippen molar-refractivity contribution in [1.29, 1.82) is 0 Å². The molecule has 0 radical (unpaired) electrons. The van der Waals surface area contributed by atoms with E-state index < -0.39 is 12.1 Å². The average Bonchev–Trinajstić information content (AvgIpc) is 3.26. The Labute approximate surface area is 384 Å². The molecule has 0 spiro atoms. The molecular formula is C57H115NO3. The van der Waals surface area contributed by atoms with E-state index >= 15 is 0 Å². The zero-order chi connectivity index (χ0) is 44.2. The lowest BCUT2D eigenvalue weighted by Gasteiger charge is -2.22. The topological polar surface area (TPSA) is 69.6 Å². The summed E-state index contributed by atoms with van der Waals surface area (Å²) < 4.78 is 0. The molecule has 4 heteroatoms. The standard InChI is InChI=1S/C57H115NO3/c1-3-5-7-9-11-13-15-16-17-18-19-20-21-22-23-24-25-26-27-28-29-30-31-32-33-34-35-36-37-38-39-40-41-42-43-45-47-49-51-53-57(61)58-55(54-59)56(60)52-50-48-46-44-14-12-10-8-6-4-2/h55-56,59-60H,3-54H2,1-2H3,(H,58,61). The minimum atomic E-state index is -0.652. The monoisotopic (exact) mass is 862 g/mol. The van der Waals surface area contributed by atoms with Crippen molar-refractivity contribution in [2.24, 2.45) is 0 Å². The van der Waals surface area contributed by atoms with Crippen molar-refractivity contribution in [3.63, 3.8) is 0 Å². The van der Waals surface area contributed by atoms with Crippen LogP contribution in [0.3, 0.4) is 0 Å². The fraction of sp³-hybridized carbons (Fsp3) is 0.982. The molecule has 0 saturated carbocycles. The van der Waals surface area contributed by atoms with Gasteiger partial charge in [0.05, 0.1) is 18.8 Å². The van der Waals surface area contributed by atoms with Gasteiger partial charge in [0.15, 0.2) is 0 Å². The lowest BCUT2D eigenvalue weighted by molar-refractivity contribution is -0.123. The van der Waals surface area contributed by atoms with E-state index in [2.05, 4.69) is 19.2 Å². The average molecular weight is 863 g/mol. The van der Waals surface area contributed by atoms with Gasteiger partial charge < -0.3 is 15.5 Å². The fourth-order valence-corrected chi connectivity index (χ4v) is 9.48. The summed E-state index contributed by atoms with van der Waals surface area (Å²) in [5.74, 6) is -0.0253. The Balaban J connectivity index is 3.28. The molecule has 61 heavy (non-hydrogen) atoms. The van der Waals surface area contributed by atoms with Crippen LogP contribution in [0.2, 0.25) is 0 Å². The summed E-state index contributed by atoms with van der Waals surface area (Å²) in [5.41, 5.74) is 0. The molecule has 0 aliphatic heterocycles. The van der Waals surface area contributed by atoms with Gasteiger partial charge in [0.25, 0.3) is 0 Å². The molecule has 4 nitrogen and oxygen atoms in total. The van der Waals surface area contributed by atoms with Crippen LogP contribution in [-0.2, 0) is 4.79 Å². The van der Waals surface area contributed by atoms with Crippen molar-refractivity contribution in [3.8, 4) is 0 Å². The predicted octanol–water partition coefficient (Wildman–Crippen LogP) is 18.8. The first-order valence-corrected chi connectivity index (χ1v) is 28.7. The van der Waals surface area contributed by atoms with Crippen molar-refractivity contribution in [2.45, 2.75) is 353 Å². The molecule has 0 aliphatic rings. The van der Waals surface area contributed by atoms with Gasteiger partial charge in [-0.05, 0) is 12.8 Å². The molecule has 0 fully saturated rings. The van der Waals surface area contributed by atoms with Crippen LogP contribution in [0, 0.1) is 0 Å². The van der Waals surface area contributed by atoms with Gasteiger partial charge in [0.1, 0.15) is 0 Å². The van der Waals surface area contributed by atoms with Crippen molar-refractivity contribution >= 4 is 5.91 Å². The zero-order valence-corrected chi connectivity index (χ0v) is 42.2. The molecule has 0 heterocycles. The van der Waals surface area contributed by atoms with Gasteiger partial charge in [-0.3, -0.25) is 4.79 Å². The van der Waals surface area contributed by atoms with E-state index in [4.69, 9.17) is 0 Å². The first-order chi connectivity index (χ1) is 30.2. The number of amides is 1. The number of aliphatic hydroxyl groups is 2. The van der Waals surface area contributed by atoms with Gasteiger partial charge in [-0.25, -0.2) is 0 Å². The molecule has 1 amide bonds. The lowest BCUT2D eigenvalue weighted by atomic mass is 10.0. The Morgan fingerprint density at radius 3 is 0.738 bits per heavy atom. The van der Waals surface area contributed by atoms with Crippen molar-refractivity contribution in [1.82, 2.24) is 5.32 Å². The number of nitrogens with one attached hydrogen (secondary N) is 1. The number of hydrogen-bond donors (Lipinski definition) is 3. The highest BCUT2D eigenvalue weighted by Gasteiger charge is 2.20. The predicted molar refractivity (Wildman–Crippen MR) is 272 cm³/mol. The van der Waals surface area contributed by atoms with Gasteiger partial charge in [-0.2, -0.15) is 0 Å². The number of carbonyl (C=O) groups is 1. The van der Waals surface area contributed by atoms with Crippen LogP contribution in [0.25, 0.3) is 0 Å². The van der Waals surface area contributed by atoms with Gasteiger partial charge in [0.2, 0.25) is 5.91 Å². The summed E-state index contributed by atoms with van der Waals surface area (Å²) in [6.07, 6.45) is 68.4. The lowest BCUT2D eigenvalue weighted by Crippen LogP contribution is -2.45. The van der Waals surface area contributed by atoms with E-state index in [1.807, 2.05) is 0 Å². The SMILES string of the molecule is CCCCCCCCCCCCCCCCCCCCCCCCCCCCCCCCCCCCCCCCCC(=O)NC(CO)C(O)CCCCCCCCCCCC. The molecule has 0 saturated heterocycles. The Morgan fingerprint density at radius 2 is 0.525 bits per heavy atom. The van der Waals surface area contributed by atoms with E-state index in [9.17, 15) is 15.0 Å². The Morgan fingerprint density at radius 1 is 0.328 bits per heavy atom. The highest BCUT2D eigenvalue weighted by Crippen LogP contribution is 2.19. The van der Waals surface area contributed by atoms with Crippen LogP contribution in [-0.4, -0.2) is 34.9 Å². The first-order valence-electron chi connectivity index (χ1n) is 28.7. The largest absolute Gasteiger partial charge is 0.394 e. The summed E-state index contributed by atoms with van der Waals surface area (Å²) in [6, 6.07) is -0.529. The second kappa shape index (κ2) is 53.7. The highest BCUT2D eigenvalue weighted by molar-refractivity contribution is 5.76. The summed E-state index contributed by atoms with van der Waals surface area (Å²) in [4.78, 5) is 12.4. The quantitative estimate of drug-likeness (QED) is 0.0534. The highest BCUT2D eigenvalue weighted by atomic mass is 16.3. The van der Waals surface area contributed by atoms with Gasteiger partial charge in [-0.1, -0.05) is 322 Å². The van der Waals surface area contributed by atoms with E-state index in [-0.39, 0.29) is 12.5 Å². The van der Waals surface area contributed by atoms with Crippen molar-refractivity contribution < 1.29 is 15.0 Å². The molecule has 0 rings (SSSR count). The van der Waals surface area contributed by atoms with Crippen LogP contribution >= 0.6 is 0 Å². The van der Waals surface area contributed by atoms with Crippen molar-refractivity contribution in [3.05, 3.63) is 0 Å². The van der Waals surface area contributed by atoms with Crippen LogP contribution in [0.4, 0.5) is 0 Å². The normalized spacial score (nSPS) is 12.7. The van der Waals surface area contributed by atoms with Gasteiger partial charge in [0, 0.05) is 6.42 Å². The molecule has 0 aromatic rings. The smallest absolute Gasteiger partial charge is 0.220 e. The molecule has 0 aromatic heterocycles. The van der Waals surface area contributed by atoms with Crippen LogP contribution in [0.15, 0.2) is 0 Å². The van der Waals surface area contributed by atoms with Gasteiger partial charge >= 0.3 is 0 Å². The number of aliphatic hydroxyl groups excluding tert-OH is 2. The first kappa shape index (κ1) is 60.4. The second-order valence-corrected chi connectivity index (χ2v) is 20.1. The van der Waals surface area contributed by atoms with E-state index in [0.29, 0.717) is 12.8 Å². The minimum absolute atomic E-state index is 0.0253. The van der Waals surface area contributed by atoms with Crippen LogP contribution in [0.5, 0.6) is 0 Å². The third-order valence-electron chi connectivity index (χ3n) is 13.9. The van der Waals surface area contributed by atoms with Crippen LogP contribution in [0.1, 0.15) is 341 Å². The summed E-state index contributed by atoms with van der Waals surface area (Å²) in [7, 11) is 0. The molecule has 0 bridgehead atoms. The second-order valence-electron chi connectivity index (χ2n) is 20.1. The van der Waals surface area contributed by atoms with Crippen LogP contribution < -0.4 is 5.32 Å². The summed E-state index contributed by atoms with van der Waals surface area (Å²) >= 11 is 0. The molecule has 0 aromatic carbocycles. The summed E-state index contributed by atoms with van der Waals surface area (Å²) in [5, 5.41) is 23.1. The number of unbranched alkanes of at least 4 members (excludes halogenated alkanes) is 47. The molecule has 2 atom stereocenters. The van der Waals surface area contributed by atoms with Crippen molar-refractivity contribution in [2.75, 3.05) is 6.61 Å². The molecule has 3 N–H and O–H groups in total. The fourth-order valence-electron chi connectivity index (χ4n) is 9.48. The third kappa shape index (κ3) is 50.3. The van der Waals surface area contributed by atoms with Gasteiger partial charge in [-0.15, -0.1) is 0 Å². The Hall–Kier alpha value is -0.610. The third-order valence-corrected chi connectivity index (χ3v) is 13.9. The van der Waals surface area contributed by atoms with E-state index in [1.54, 1.807) is 0 Å². The Kier molecular flexibility index (Phi) is 53.2. The zero-order valence-electron chi connectivity index (χ0n) is 42.2.